The van der Waals surface area contributed by atoms with Gasteiger partial charge in [0.05, 0.1) is 19.8 Å². The minimum absolute atomic E-state index is 0.0117. The number of aliphatic hydroxyl groups excluding tert-OH is 2. The molecule has 0 aliphatic carbocycles. The van der Waals surface area contributed by atoms with E-state index in [4.69, 9.17) is 9.84 Å². The van der Waals surface area contributed by atoms with Crippen LogP contribution in [0.15, 0.2) is 30.3 Å². The number of aliphatic hydroxyl groups is 2. The van der Waals surface area contributed by atoms with Crippen molar-refractivity contribution in [3.05, 3.63) is 35.9 Å². The Hall–Kier alpha value is -2.65. The maximum atomic E-state index is 12.1. The molecule has 9 nitrogen and oxygen atoms in total. The fraction of sp³-hybridized carbons (Fsp3) is 0.438. The number of amides is 2. The summed E-state index contributed by atoms with van der Waals surface area (Å²) in [6.45, 7) is 0.583. The lowest BCUT2D eigenvalue weighted by atomic mass is 10.1. The third-order valence-electron chi connectivity index (χ3n) is 3.24. The van der Waals surface area contributed by atoms with Crippen molar-refractivity contribution in [1.29, 1.82) is 0 Å². The highest BCUT2D eigenvalue weighted by molar-refractivity contribution is 5.90. The summed E-state index contributed by atoms with van der Waals surface area (Å²) < 4.78 is 9.40. The zero-order valence-electron chi connectivity index (χ0n) is 14.0. The Morgan fingerprint density at radius 1 is 1.16 bits per heavy atom. The lowest BCUT2D eigenvalue weighted by Gasteiger charge is -2.22. The normalized spacial score (nSPS) is 13.9. The summed E-state index contributed by atoms with van der Waals surface area (Å²) >= 11 is 0. The molecule has 4 N–H and O–H groups in total. The van der Waals surface area contributed by atoms with Gasteiger partial charge in [-0.15, -0.1) is 0 Å². The van der Waals surface area contributed by atoms with Crippen LogP contribution in [0.4, 0.5) is 4.79 Å². The summed E-state index contributed by atoms with van der Waals surface area (Å²) in [5.41, 5.74) is 0.752. The average Bonchev–Trinajstić information content (AvgIpc) is 2.62. The van der Waals surface area contributed by atoms with Crippen molar-refractivity contribution in [3.63, 3.8) is 0 Å². The first kappa shape index (κ1) is 20.4. The van der Waals surface area contributed by atoms with Gasteiger partial charge in [-0.1, -0.05) is 30.3 Å². The summed E-state index contributed by atoms with van der Waals surface area (Å²) in [5, 5.41) is 23.2. The molecule has 0 aliphatic rings. The molecule has 0 saturated heterocycles. The molecular formula is C16H22N2O7. The minimum atomic E-state index is -1.37. The number of benzene rings is 1. The third kappa shape index (κ3) is 6.77. The van der Waals surface area contributed by atoms with Gasteiger partial charge in [0, 0.05) is 0 Å². The number of carbonyl (C=O) groups is 3. The molecule has 1 aromatic rings. The topological polar surface area (TPSA) is 134 Å². The summed E-state index contributed by atoms with van der Waals surface area (Å²) in [6.07, 6.45) is -2.18. The van der Waals surface area contributed by atoms with E-state index in [0.29, 0.717) is 0 Å². The lowest BCUT2D eigenvalue weighted by Crippen LogP contribution is -2.56. The van der Waals surface area contributed by atoms with Gasteiger partial charge in [0.25, 0.3) is 0 Å². The second kappa shape index (κ2) is 10.3. The smallest absolute Gasteiger partial charge is 0.408 e. The molecule has 0 saturated carbocycles. The Bertz CT molecular complexity index is 577. The van der Waals surface area contributed by atoms with E-state index in [0.717, 1.165) is 12.7 Å². The van der Waals surface area contributed by atoms with Crippen molar-refractivity contribution < 1.29 is 34.1 Å². The lowest BCUT2D eigenvalue weighted by molar-refractivity contribution is -0.146. The number of carbonyl (C=O) groups excluding carboxylic acids is 3. The second-order valence-corrected chi connectivity index (χ2v) is 5.19. The first-order valence-corrected chi connectivity index (χ1v) is 7.53. The van der Waals surface area contributed by atoms with Crippen LogP contribution in [-0.2, 0) is 25.7 Å². The summed E-state index contributed by atoms with van der Waals surface area (Å²) in [7, 11) is 1.10. The molecule has 3 atom stereocenters. The summed E-state index contributed by atoms with van der Waals surface area (Å²) in [6, 6.07) is 6.22. The number of nitrogens with one attached hydrogen (secondary N) is 2. The highest BCUT2D eigenvalue weighted by atomic mass is 16.5. The predicted molar refractivity (Wildman–Crippen MR) is 86.3 cm³/mol. The number of hydrogen-bond acceptors (Lipinski definition) is 7. The second-order valence-electron chi connectivity index (χ2n) is 5.19. The standard InChI is InChI=1S/C16H22N2O7/c1-10(20)13(14(21)17-12(8-19)15(22)24-2)18-16(23)25-9-11-6-4-3-5-7-11/h3-7,10,12-13,19-20H,8-9H2,1-2H3,(H,17,21)(H,18,23)/t10-,12-,13-/m0/s1. The molecule has 25 heavy (non-hydrogen) atoms. The highest BCUT2D eigenvalue weighted by Gasteiger charge is 2.30. The number of ether oxygens (including phenoxy) is 2. The monoisotopic (exact) mass is 354 g/mol. The maximum absolute atomic E-state index is 12.1. The van der Waals surface area contributed by atoms with Gasteiger partial charge in [-0.05, 0) is 12.5 Å². The molecule has 0 spiro atoms. The van der Waals surface area contributed by atoms with Crippen LogP contribution in [0.5, 0.6) is 0 Å². The van der Waals surface area contributed by atoms with E-state index in [-0.39, 0.29) is 6.61 Å². The quantitative estimate of drug-likeness (QED) is 0.454. The van der Waals surface area contributed by atoms with Crippen LogP contribution in [-0.4, -0.2) is 60.1 Å². The van der Waals surface area contributed by atoms with Crippen LogP contribution in [0, 0.1) is 0 Å². The van der Waals surface area contributed by atoms with Crippen molar-refractivity contribution in [2.45, 2.75) is 31.7 Å². The van der Waals surface area contributed by atoms with Crippen molar-refractivity contribution in [1.82, 2.24) is 10.6 Å². The SMILES string of the molecule is COC(=O)[C@H](CO)NC(=O)[C@@H](NC(=O)OCc1ccccc1)[C@H](C)O. The van der Waals surface area contributed by atoms with Gasteiger partial charge in [0.2, 0.25) is 5.91 Å². The fourth-order valence-electron chi connectivity index (χ4n) is 1.88. The van der Waals surface area contributed by atoms with Crippen LogP contribution in [0.1, 0.15) is 12.5 Å². The van der Waals surface area contributed by atoms with Gasteiger partial charge in [0.15, 0.2) is 6.04 Å². The molecule has 1 aromatic carbocycles. The fourth-order valence-corrected chi connectivity index (χ4v) is 1.88. The third-order valence-corrected chi connectivity index (χ3v) is 3.24. The van der Waals surface area contributed by atoms with Gasteiger partial charge < -0.3 is 30.3 Å². The Kier molecular flexibility index (Phi) is 8.37. The number of methoxy groups -OCH3 is 1. The van der Waals surface area contributed by atoms with E-state index in [2.05, 4.69) is 15.4 Å². The van der Waals surface area contributed by atoms with Crippen LogP contribution < -0.4 is 10.6 Å². The Balaban J connectivity index is 2.61. The maximum Gasteiger partial charge on any atom is 0.408 e. The van der Waals surface area contributed by atoms with Crippen molar-refractivity contribution >= 4 is 18.0 Å². The predicted octanol–water partition coefficient (Wildman–Crippen LogP) is -0.688. The number of hydrogen-bond donors (Lipinski definition) is 4. The molecule has 1 rings (SSSR count). The first-order valence-electron chi connectivity index (χ1n) is 7.53. The molecule has 0 bridgehead atoms. The van der Waals surface area contributed by atoms with Gasteiger partial charge in [0.1, 0.15) is 12.6 Å². The minimum Gasteiger partial charge on any atom is -0.467 e. The molecular weight excluding hydrogens is 332 g/mol. The van der Waals surface area contributed by atoms with E-state index >= 15 is 0 Å². The first-order chi connectivity index (χ1) is 11.9. The van der Waals surface area contributed by atoms with Crippen LogP contribution in [0.3, 0.4) is 0 Å². The van der Waals surface area contributed by atoms with Crippen LogP contribution >= 0.6 is 0 Å². The molecule has 0 heterocycles. The van der Waals surface area contributed by atoms with Gasteiger partial charge in [-0.25, -0.2) is 9.59 Å². The van der Waals surface area contributed by atoms with E-state index in [9.17, 15) is 19.5 Å². The van der Waals surface area contributed by atoms with Crippen LogP contribution in [0.2, 0.25) is 0 Å². The number of rotatable bonds is 8. The zero-order valence-corrected chi connectivity index (χ0v) is 14.0. The van der Waals surface area contributed by atoms with E-state index in [1.54, 1.807) is 24.3 Å². The van der Waals surface area contributed by atoms with Crippen molar-refractivity contribution in [2.24, 2.45) is 0 Å². The van der Waals surface area contributed by atoms with Gasteiger partial charge in [-0.2, -0.15) is 0 Å². The molecule has 0 fully saturated rings. The van der Waals surface area contributed by atoms with E-state index in [1.807, 2.05) is 6.07 Å². The Morgan fingerprint density at radius 3 is 2.32 bits per heavy atom. The molecule has 0 radical (unpaired) electrons. The van der Waals surface area contributed by atoms with Crippen molar-refractivity contribution in [3.8, 4) is 0 Å². The highest BCUT2D eigenvalue weighted by Crippen LogP contribution is 2.02. The Morgan fingerprint density at radius 2 is 1.80 bits per heavy atom. The van der Waals surface area contributed by atoms with Gasteiger partial charge in [-0.3, -0.25) is 4.79 Å². The molecule has 0 aliphatic heterocycles. The van der Waals surface area contributed by atoms with Crippen LogP contribution in [0.25, 0.3) is 0 Å². The number of esters is 1. The van der Waals surface area contributed by atoms with Gasteiger partial charge >= 0.3 is 12.1 Å². The molecule has 9 heteroatoms. The summed E-state index contributed by atoms with van der Waals surface area (Å²) in [5.74, 6) is -1.72. The van der Waals surface area contributed by atoms with E-state index < -0.39 is 42.8 Å². The molecule has 2 amide bonds. The molecule has 0 aromatic heterocycles. The molecule has 0 unspecified atom stereocenters. The average molecular weight is 354 g/mol. The summed E-state index contributed by atoms with van der Waals surface area (Å²) in [4.78, 5) is 35.3. The number of alkyl carbamates (subject to hydrolysis) is 1. The zero-order chi connectivity index (χ0) is 18.8. The van der Waals surface area contributed by atoms with Crippen molar-refractivity contribution in [2.75, 3.05) is 13.7 Å². The largest absolute Gasteiger partial charge is 0.467 e. The molecule has 138 valence electrons. The Labute approximate surface area is 144 Å². The van der Waals surface area contributed by atoms with E-state index in [1.165, 1.54) is 6.92 Å².